The number of hydrogen-bond acceptors (Lipinski definition) is 1. The summed E-state index contributed by atoms with van der Waals surface area (Å²) in [6, 6.07) is 5.26. The summed E-state index contributed by atoms with van der Waals surface area (Å²) in [6.07, 6.45) is 5.16. The second-order valence-electron chi connectivity index (χ2n) is 4.56. The van der Waals surface area contributed by atoms with Crippen molar-refractivity contribution in [1.82, 2.24) is 0 Å². The first-order valence-electron chi connectivity index (χ1n) is 5.73. The zero-order valence-electron chi connectivity index (χ0n) is 9.22. The van der Waals surface area contributed by atoms with E-state index in [1.165, 1.54) is 0 Å². The Labute approximate surface area is 90.5 Å². The summed E-state index contributed by atoms with van der Waals surface area (Å²) >= 11 is 0. The first kappa shape index (κ1) is 10.6. The van der Waals surface area contributed by atoms with Crippen LogP contribution < -0.4 is 5.73 Å². The molecule has 1 aliphatic rings. The Morgan fingerprint density at radius 3 is 2.53 bits per heavy atom. The van der Waals surface area contributed by atoms with Crippen molar-refractivity contribution in [1.29, 1.82) is 0 Å². The molecule has 2 heteroatoms. The molecule has 0 amide bonds. The summed E-state index contributed by atoms with van der Waals surface area (Å²) < 4.78 is 13.4. The second kappa shape index (κ2) is 3.93. The Morgan fingerprint density at radius 2 is 1.93 bits per heavy atom. The van der Waals surface area contributed by atoms with Gasteiger partial charge >= 0.3 is 0 Å². The molecule has 1 aromatic carbocycles. The molecule has 0 atom stereocenters. The van der Waals surface area contributed by atoms with Gasteiger partial charge in [-0.25, -0.2) is 4.39 Å². The molecule has 1 saturated carbocycles. The van der Waals surface area contributed by atoms with Crippen LogP contribution in [0.5, 0.6) is 0 Å². The average Bonchev–Trinajstić information content (AvgIpc) is 2.65. The average molecular weight is 207 g/mol. The van der Waals surface area contributed by atoms with Gasteiger partial charge in [0, 0.05) is 5.54 Å². The third kappa shape index (κ3) is 2.05. The maximum atomic E-state index is 13.4. The lowest BCUT2D eigenvalue weighted by atomic mass is 9.88. The minimum atomic E-state index is -0.272. The fourth-order valence-corrected chi connectivity index (χ4v) is 2.44. The van der Waals surface area contributed by atoms with Crippen LogP contribution in [0.1, 0.15) is 43.7 Å². The van der Waals surface area contributed by atoms with Crippen molar-refractivity contribution in [2.45, 2.75) is 44.6 Å². The summed E-state index contributed by atoms with van der Waals surface area (Å²) in [6.45, 7) is 2.04. The molecule has 0 heterocycles. The highest BCUT2D eigenvalue weighted by Gasteiger charge is 2.31. The van der Waals surface area contributed by atoms with Gasteiger partial charge in [0.25, 0.3) is 0 Å². The monoisotopic (exact) mass is 207 g/mol. The third-order valence-corrected chi connectivity index (χ3v) is 3.44. The highest BCUT2D eigenvalue weighted by molar-refractivity contribution is 5.31. The normalized spacial score (nSPS) is 19.4. The molecule has 15 heavy (non-hydrogen) atoms. The topological polar surface area (TPSA) is 26.0 Å². The Bertz CT molecular complexity index is 354. The summed E-state index contributed by atoms with van der Waals surface area (Å²) in [4.78, 5) is 0. The number of aryl methyl sites for hydroxylation is 1. The molecule has 0 aromatic heterocycles. The van der Waals surface area contributed by atoms with E-state index in [1.807, 2.05) is 6.92 Å². The standard InChI is InChI=1S/C13H18FN/c1-2-10-7-11(9-12(14)8-10)13(15)5-3-4-6-13/h7-9H,2-6,15H2,1H3. The summed E-state index contributed by atoms with van der Waals surface area (Å²) in [5.74, 6) is -0.152. The number of halogens is 1. The predicted octanol–water partition coefficient (Wildman–Crippen LogP) is 3.12. The number of hydrogen-bond donors (Lipinski definition) is 1. The number of nitrogens with two attached hydrogens (primary N) is 1. The Kier molecular flexibility index (Phi) is 2.79. The maximum absolute atomic E-state index is 13.4. The second-order valence-corrected chi connectivity index (χ2v) is 4.56. The lowest BCUT2D eigenvalue weighted by Gasteiger charge is -2.24. The molecule has 1 nitrogen and oxygen atoms in total. The van der Waals surface area contributed by atoms with Crippen molar-refractivity contribution in [2.24, 2.45) is 5.73 Å². The molecule has 2 N–H and O–H groups in total. The Hall–Kier alpha value is -0.890. The van der Waals surface area contributed by atoms with Gasteiger partial charge in [-0.05, 0) is 42.5 Å². The Balaban J connectivity index is 2.38. The van der Waals surface area contributed by atoms with E-state index in [4.69, 9.17) is 5.73 Å². The van der Waals surface area contributed by atoms with E-state index >= 15 is 0 Å². The van der Waals surface area contributed by atoms with Gasteiger partial charge in [0.05, 0.1) is 0 Å². The minimum Gasteiger partial charge on any atom is -0.321 e. The zero-order valence-corrected chi connectivity index (χ0v) is 9.22. The van der Waals surface area contributed by atoms with Crippen LogP contribution in [0.2, 0.25) is 0 Å². The van der Waals surface area contributed by atoms with E-state index in [1.54, 1.807) is 12.1 Å². The van der Waals surface area contributed by atoms with E-state index in [-0.39, 0.29) is 11.4 Å². The lowest BCUT2D eigenvalue weighted by Crippen LogP contribution is -2.33. The van der Waals surface area contributed by atoms with Crippen LogP contribution in [0.4, 0.5) is 4.39 Å². The van der Waals surface area contributed by atoms with Crippen LogP contribution in [0.15, 0.2) is 18.2 Å². The molecule has 0 radical (unpaired) electrons. The fraction of sp³-hybridized carbons (Fsp3) is 0.538. The van der Waals surface area contributed by atoms with Crippen LogP contribution >= 0.6 is 0 Å². The molecule has 1 fully saturated rings. The Morgan fingerprint density at radius 1 is 1.27 bits per heavy atom. The lowest BCUT2D eigenvalue weighted by molar-refractivity contribution is 0.457. The first-order chi connectivity index (χ1) is 7.14. The van der Waals surface area contributed by atoms with Gasteiger partial charge in [-0.1, -0.05) is 25.8 Å². The van der Waals surface area contributed by atoms with E-state index in [0.717, 1.165) is 43.2 Å². The minimum absolute atomic E-state index is 0.152. The largest absolute Gasteiger partial charge is 0.321 e. The summed E-state index contributed by atoms with van der Waals surface area (Å²) in [7, 11) is 0. The molecule has 1 aromatic rings. The molecule has 2 rings (SSSR count). The highest BCUT2D eigenvalue weighted by atomic mass is 19.1. The van der Waals surface area contributed by atoms with Gasteiger partial charge in [-0.3, -0.25) is 0 Å². The molecule has 82 valence electrons. The number of benzene rings is 1. The van der Waals surface area contributed by atoms with Crippen molar-refractivity contribution < 1.29 is 4.39 Å². The molecule has 0 bridgehead atoms. The molecule has 0 aliphatic heterocycles. The zero-order chi connectivity index (χ0) is 10.9. The molecular weight excluding hydrogens is 189 g/mol. The van der Waals surface area contributed by atoms with Gasteiger partial charge in [0.15, 0.2) is 0 Å². The van der Waals surface area contributed by atoms with Gasteiger partial charge < -0.3 is 5.73 Å². The summed E-state index contributed by atoms with van der Waals surface area (Å²) in [5, 5.41) is 0. The quantitative estimate of drug-likeness (QED) is 0.792. The van der Waals surface area contributed by atoms with Gasteiger partial charge in [0.2, 0.25) is 0 Å². The molecule has 0 spiro atoms. The van der Waals surface area contributed by atoms with Crippen LogP contribution in [0, 0.1) is 5.82 Å². The van der Waals surface area contributed by atoms with E-state index in [2.05, 4.69) is 6.07 Å². The van der Waals surface area contributed by atoms with Crippen LogP contribution in [-0.4, -0.2) is 0 Å². The van der Waals surface area contributed by atoms with Crippen molar-refractivity contribution in [2.75, 3.05) is 0 Å². The van der Waals surface area contributed by atoms with Crippen molar-refractivity contribution in [3.8, 4) is 0 Å². The molecule has 0 saturated heterocycles. The molecular formula is C13H18FN. The van der Waals surface area contributed by atoms with Crippen molar-refractivity contribution in [3.63, 3.8) is 0 Å². The maximum Gasteiger partial charge on any atom is 0.123 e. The van der Waals surface area contributed by atoms with Gasteiger partial charge in [0.1, 0.15) is 5.82 Å². The van der Waals surface area contributed by atoms with Gasteiger partial charge in [-0.15, -0.1) is 0 Å². The number of rotatable bonds is 2. The van der Waals surface area contributed by atoms with Crippen molar-refractivity contribution >= 4 is 0 Å². The van der Waals surface area contributed by atoms with Crippen LogP contribution in [0.25, 0.3) is 0 Å². The first-order valence-corrected chi connectivity index (χ1v) is 5.73. The molecule has 1 aliphatic carbocycles. The van der Waals surface area contributed by atoms with Crippen LogP contribution in [0.3, 0.4) is 0 Å². The highest BCUT2D eigenvalue weighted by Crippen LogP contribution is 2.36. The van der Waals surface area contributed by atoms with E-state index < -0.39 is 0 Å². The third-order valence-electron chi connectivity index (χ3n) is 3.44. The van der Waals surface area contributed by atoms with Gasteiger partial charge in [-0.2, -0.15) is 0 Å². The summed E-state index contributed by atoms with van der Waals surface area (Å²) in [5.41, 5.74) is 8.06. The van der Waals surface area contributed by atoms with E-state index in [9.17, 15) is 4.39 Å². The predicted molar refractivity (Wildman–Crippen MR) is 60.1 cm³/mol. The fourth-order valence-electron chi connectivity index (χ4n) is 2.44. The van der Waals surface area contributed by atoms with Crippen molar-refractivity contribution in [3.05, 3.63) is 35.1 Å². The molecule has 0 unspecified atom stereocenters. The smallest absolute Gasteiger partial charge is 0.123 e. The van der Waals surface area contributed by atoms with E-state index in [0.29, 0.717) is 0 Å². The van der Waals surface area contributed by atoms with Crippen LogP contribution in [-0.2, 0) is 12.0 Å². The SMILES string of the molecule is CCc1cc(F)cc(C2(N)CCCC2)c1.